The van der Waals surface area contributed by atoms with E-state index in [-0.39, 0.29) is 18.1 Å². The van der Waals surface area contributed by atoms with Gasteiger partial charge >= 0.3 is 5.97 Å². The van der Waals surface area contributed by atoms with E-state index in [2.05, 4.69) is 9.97 Å². The molecule has 0 atom stereocenters. The van der Waals surface area contributed by atoms with Crippen molar-refractivity contribution in [1.29, 1.82) is 0 Å². The number of aryl methyl sites for hydroxylation is 1. The maximum Gasteiger partial charge on any atom is 0.316 e. The highest BCUT2D eigenvalue weighted by Gasteiger charge is 2.17. The van der Waals surface area contributed by atoms with Gasteiger partial charge in [0.25, 0.3) is 0 Å². The van der Waals surface area contributed by atoms with E-state index in [9.17, 15) is 9.59 Å². The Morgan fingerprint density at radius 1 is 1.29 bits per heavy atom. The number of fused-ring (bicyclic) bond motifs is 1. The SMILES string of the molecule is COCCn1c(C)cc(C(=O)COC(=O)CSc2ncnc3sccc23)c1C. The molecule has 0 aliphatic rings. The van der Waals surface area contributed by atoms with Gasteiger partial charge in [0.2, 0.25) is 5.78 Å². The number of Topliss-reactive ketones (excluding diaryl/α,β-unsaturated/α-hetero) is 1. The van der Waals surface area contributed by atoms with Gasteiger partial charge in [0.05, 0.1) is 12.4 Å². The number of ketones is 1. The van der Waals surface area contributed by atoms with Gasteiger partial charge in [-0.2, -0.15) is 0 Å². The van der Waals surface area contributed by atoms with Gasteiger partial charge in [0, 0.05) is 36.0 Å². The Hall–Kier alpha value is -2.23. The predicted molar refractivity (Wildman–Crippen MR) is 109 cm³/mol. The predicted octanol–water partition coefficient (Wildman–Crippen LogP) is 3.27. The maximum atomic E-state index is 12.5. The second-order valence-corrected chi connectivity index (χ2v) is 7.98. The normalized spacial score (nSPS) is 11.1. The third kappa shape index (κ3) is 4.60. The van der Waals surface area contributed by atoms with Crippen molar-refractivity contribution in [2.45, 2.75) is 25.4 Å². The number of hydrogen-bond donors (Lipinski definition) is 0. The minimum absolute atomic E-state index is 0.0854. The molecular weight excluding hydrogens is 398 g/mol. The highest BCUT2D eigenvalue weighted by atomic mass is 32.2. The summed E-state index contributed by atoms with van der Waals surface area (Å²) in [5.74, 6) is -0.576. The summed E-state index contributed by atoms with van der Waals surface area (Å²) in [4.78, 5) is 33.8. The van der Waals surface area contributed by atoms with Gasteiger partial charge in [-0.05, 0) is 31.4 Å². The van der Waals surface area contributed by atoms with Crippen molar-refractivity contribution in [3.05, 3.63) is 40.8 Å². The summed E-state index contributed by atoms with van der Waals surface area (Å²) < 4.78 is 12.3. The second kappa shape index (κ2) is 9.31. The highest BCUT2D eigenvalue weighted by Crippen LogP contribution is 2.27. The number of rotatable bonds is 9. The lowest BCUT2D eigenvalue weighted by Gasteiger charge is -2.09. The maximum absolute atomic E-state index is 12.5. The Kier molecular flexibility index (Phi) is 6.82. The fourth-order valence-corrected chi connectivity index (χ4v) is 4.46. The summed E-state index contributed by atoms with van der Waals surface area (Å²) in [5.41, 5.74) is 2.40. The molecule has 0 N–H and O–H groups in total. The number of nitrogens with zero attached hydrogens (tertiary/aromatic N) is 3. The number of ether oxygens (including phenoxy) is 2. The Morgan fingerprint density at radius 2 is 2.11 bits per heavy atom. The van der Waals surface area contributed by atoms with Gasteiger partial charge in [0.1, 0.15) is 16.2 Å². The molecule has 0 amide bonds. The van der Waals surface area contributed by atoms with E-state index in [1.807, 2.05) is 35.9 Å². The zero-order valence-electron chi connectivity index (χ0n) is 15.9. The van der Waals surface area contributed by atoms with Crippen molar-refractivity contribution in [3.63, 3.8) is 0 Å². The average Bonchev–Trinajstić information content (AvgIpc) is 3.28. The first-order chi connectivity index (χ1) is 13.5. The Bertz CT molecular complexity index is 996. The average molecular weight is 420 g/mol. The topological polar surface area (TPSA) is 83.3 Å². The first-order valence-corrected chi connectivity index (χ1v) is 10.5. The fourth-order valence-electron chi connectivity index (χ4n) is 2.89. The standard InChI is InChI=1S/C19H21N3O4S2/c1-12-8-15(13(2)22(12)5-6-25-3)16(23)9-26-17(24)10-28-19-14-4-7-27-18(14)20-11-21-19/h4,7-8,11H,5-6,9-10H2,1-3H3. The van der Waals surface area contributed by atoms with Crippen LogP contribution in [-0.2, 0) is 20.8 Å². The van der Waals surface area contributed by atoms with Crippen molar-refractivity contribution >= 4 is 45.1 Å². The van der Waals surface area contributed by atoms with Crippen molar-refractivity contribution in [2.75, 3.05) is 26.1 Å². The molecule has 148 valence electrons. The van der Waals surface area contributed by atoms with Crippen LogP contribution in [0.4, 0.5) is 0 Å². The van der Waals surface area contributed by atoms with Gasteiger partial charge in [-0.15, -0.1) is 11.3 Å². The van der Waals surface area contributed by atoms with E-state index < -0.39 is 5.97 Å². The van der Waals surface area contributed by atoms with E-state index in [1.165, 1.54) is 29.4 Å². The Labute approximate surface area is 171 Å². The van der Waals surface area contributed by atoms with Crippen molar-refractivity contribution in [2.24, 2.45) is 0 Å². The van der Waals surface area contributed by atoms with Crippen LogP contribution in [0.25, 0.3) is 10.2 Å². The minimum atomic E-state index is -0.450. The van der Waals surface area contributed by atoms with E-state index in [1.54, 1.807) is 7.11 Å². The molecule has 0 unspecified atom stereocenters. The van der Waals surface area contributed by atoms with Crippen molar-refractivity contribution in [3.8, 4) is 0 Å². The van der Waals surface area contributed by atoms with E-state index >= 15 is 0 Å². The van der Waals surface area contributed by atoms with Crippen LogP contribution in [0.15, 0.2) is 28.9 Å². The Morgan fingerprint density at radius 3 is 2.89 bits per heavy atom. The molecule has 3 heterocycles. The van der Waals surface area contributed by atoms with Crippen LogP contribution in [0.1, 0.15) is 21.7 Å². The van der Waals surface area contributed by atoms with Gasteiger partial charge in [0.15, 0.2) is 6.61 Å². The molecule has 0 aliphatic carbocycles. The molecule has 0 fully saturated rings. The second-order valence-electron chi connectivity index (χ2n) is 6.12. The lowest BCUT2D eigenvalue weighted by Crippen LogP contribution is -2.16. The van der Waals surface area contributed by atoms with Crippen LogP contribution in [0.5, 0.6) is 0 Å². The molecular formula is C19H21N3O4S2. The first kappa shape index (κ1) is 20.5. The summed E-state index contributed by atoms with van der Waals surface area (Å²) in [7, 11) is 1.64. The number of carbonyl (C=O) groups is 2. The highest BCUT2D eigenvalue weighted by molar-refractivity contribution is 8.00. The third-order valence-corrected chi connectivity index (χ3v) is 6.11. The van der Waals surface area contributed by atoms with Gasteiger partial charge in [-0.25, -0.2) is 9.97 Å². The largest absolute Gasteiger partial charge is 0.457 e. The molecule has 3 aromatic rings. The number of aromatic nitrogens is 3. The molecule has 28 heavy (non-hydrogen) atoms. The van der Waals surface area contributed by atoms with Gasteiger partial charge in [-0.1, -0.05) is 11.8 Å². The summed E-state index contributed by atoms with van der Waals surface area (Å²) in [6, 6.07) is 3.75. The van der Waals surface area contributed by atoms with Crippen LogP contribution in [-0.4, -0.2) is 52.4 Å². The summed E-state index contributed by atoms with van der Waals surface area (Å²) in [6.45, 7) is 4.79. The molecule has 0 radical (unpaired) electrons. The number of thioether (sulfide) groups is 1. The lowest BCUT2D eigenvalue weighted by atomic mass is 10.1. The monoisotopic (exact) mass is 419 g/mol. The van der Waals surface area contributed by atoms with Gasteiger partial charge < -0.3 is 14.0 Å². The first-order valence-electron chi connectivity index (χ1n) is 8.66. The molecule has 0 aromatic carbocycles. The molecule has 0 aliphatic heterocycles. The van der Waals surface area contributed by atoms with Crippen LogP contribution < -0.4 is 0 Å². The fraction of sp³-hybridized carbons (Fsp3) is 0.368. The van der Waals surface area contributed by atoms with Crippen LogP contribution in [0.2, 0.25) is 0 Å². The molecule has 0 bridgehead atoms. The zero-order valence-corrected chi connectivity index (χ0v) is 17.6. The van der Waals surface area contributed by atoms with Crippen molar-refractivity contribution < 1.29 is 19.1 Å². The van der Waals surface area contributed by atoms with E-state index in [0.29, 0.717) is 18.7 Å². The molecule has 0 saturated carbocycles. The lowest BCUT2D eigenvalue weighted by molar-refractivity contribution is -0.139. The third-order valence-electron chi connectivity index (χ3n) is 4.31. The molecule has 7 nitrogen and oxygen atoms in total. The molecule has 9 heteroatoms. The summed E-state index contributed by atoms with van der Waals surface area (Å²) in [6.07, 6.45) is 1.48. The van der Waals surface area contributed by atoms with Gasteiger partial charge in [-0.3, -0.25) is 9.59 Å². The summed E-state index contributed by atoms with van der Waals surface area (Å²) >= 11 is 2.80. The zero-order chi connectivity index (χ0) is 20.1. The molecule has 0 saturated heterocycles. The summed E-state index contributed by atoms with van der Waals surface area (Å²) in [5, 5.41) is 3.59. The molecule has 3 rings (SSSR count). The smallest absolute Gasteiger partial charge is 0.316 e. The van der Waals surface area contributed by atoms with E-state index in [0.717, 1.165) is 26.6 Å². The van der Waals surface area contributed by atoms with Crippen LogP contribution in [0.3, 0.4) is 0 Å². The number of esters is 1. The number of thiophene rings is 1. The van der Waals surface area contributed by atoms with E-state index in [4.69, 9.17) is 9.47 Å². The molecule has 3 aromatic heterocycles. The Balaban J connectivity index is 1.54. The number of methoxy groups -OCH3 is 1. The van der Waals surface area contributed by atoms with Crippen molar-refractivity contribution in [1.82, 2.24) is 14.5 Å². The quantitative estimate of drug-likeness (QED) is 0.228. The number of hydrogen-bond acceptors (Lipinski definition) is 8. The van der Waals surface area contributed by atoms with Crippen LogP contribution >= 0.6 is 23.1 Å². The molecule has 0 spiro atoms. The number of carbonyl (C=O) groups excluding carboxylic acids is 2. The van der Waals surface area contributed by atoms with Crippen LogP contribution in [0, 0.1) is 13.8 Å². The minimum Gasteiger partial charge on any atom is -0.457 e.